The van der Waals surface area contributed by atoms with E-state index in [9.17, 15) is 4.21 Å². The van der Waals surface area contributed by atoms with Gasteiger partial charge in [0.05, 0.1) is 39.0 Å². The SMILES string of the molecule is N#CCc1ccc(OCCS(=O)c2ccccc2Cl)cc1. The van der Waals surface area contributed by atoms with E-state index in [2.05, 4.69) is 6.07 Å². The summed E-state index contributed by atoms with van der Waals surface area (Å²) >= 11 is 6.00. The van der Waals surface area contributed by atoms with E-state index in [0.29, 0.717) is 34.4 Å². The molecule has 5 heteroatoms. The van der Waals surface area contributed by atoms with Crippen LogP contribution >= 0.6 is 11.6 Å². The molecule has 2 aromatic carbocycles. The second-order valence-electron chi connectivity index (χ2n) is 4.31. The third kappa shape index (κ3) is 4.59. The number of nitrogens with zero attached hydrogens (tertiary/aromatic N) is 1. The summed E-state index contributed by atoms with van der Waals surface area (Å²) in [5.74, 6) is 1.08. The van der Waals surface area contributed by atoms with Gasteiger partial charge in [0, 0.05) is 0 Å². The minimum Gasteiger partial charge on any atom is -0.493 e. The Bertz CT molecular complexity index is 665. The first-order valence-corrected chi connectivity index (χ1v) is 8.12. The zero-order chi connectivity index (χ0) is 15.1. The molecular weight excluding hydrogens is 306 g/mol. The molecule has 0 saturated carbocycles. The topological polar surface area (TPSA) is 50.1 Å². The molecule has 21 heavy (non-hydrogen) atoms. The molecule has 0 aliphatic carbocycles. The minimum atomic E-state index is -1.18. The highest BCUT2D eigenvalue weighted by Crippen LogP contribution is 2.19. The van der Waals surface area contributed by atoms with Crippen LogP contribution in [-0.4, -0.2) is 16.6 Å². The van der Waals surface area contributed by atoms with Gasteiger partial charge in [-0.25, -0.2) is 0 Å². The number of rotatable bonds is 6. The predicted molar refractivity (Wildman–Crippen MR) is 84.0 cm³/mol. The standard InChI is InChI=1S/C16H14ClNO2S/c17-15-3-1-2-4-16(15)21(19)12-11-20-14-7-5-13(6-8-14)9-10-18/h1-8H,9,11-12H2. The van der Waals surface area contributed by atoms with E-state index in [1.807, 2.05) is 36.4 Å². The first-order valence-electron chi connectivity index (χ1n) is 6.42. The van der Waals surface area contributed by atoms with Crippen molar-refractivity contribution in [2.45, 2.75) is 11.3 Å². The van der Waals surface area contributed by atoms with E-state index < -0.39 is 10.8 Å². The minimum absolute atomic E-state index is 0.343. The summed E-state index contributed by atoms with van der Waals surface area (Å²) in [6, 6.07) is 16.5. The first-order chi connectivity index (χ1) is 10.2. The highest BCUT2D eigenvalue weighted by molar-refractivity contribution is 7.85. The molecule has 0 fully saturated rings. The molecule has 108 valence electrons. The summed E-state index contributed by atoms with van der Waals surface area (Å²) in [5.41, 5.74) is 0.949. The molecule has 0 aliphatic rings. The quantitative estimate of drug-likeness (QED) is 0.817. The monoisotopic (exact) mass is 319 g/mol. The smallest absolute Gasteiger partial charge is 0.119 e. The van der Waals surface area contributed by atoms with Gasteiger partial charge in [-0.2, -0.15) is 5.26 Å². The molecule has 0 aromatic heterocycles. The van der Waals surface area contributed by atoms with Gasteiger partial charge in [0.1, 0.15) is 12.4 Å². The van der Waals surface area contributed by atoms with Crippen molar-refractivity contribution in [2.24, 2.45) is 0 Å². The van der Waals surface area contributed by atoms with E-state index in [1.165, 1.54) is 0 Å². The Hall–Kier alpha value is -1.83. The summed E-state index contributed by atoms with van der Waals surface area (Å²) in [6.45, 7) is 0.343. The molecular formula is C16H14ClNO2S. The van der Waals surface area contributed by atoms with Crippen molar-refractivity contribution < 1.29 is 8.95 Å². The third-order valence-corrected chi connectivity index (χ3v) is 4.65. The van der Waals surface area contributed by atoms with Crippen molar-refractivity contribution in [3.63, 3.8) is 0 Å². The van der Waals surface area contributed by atoms with Gasteiger partial charge in [-0.3, -0.25) is 4.21 Å². The summed E-state index contributed by atoms with van der Waals surface area (Å²) in [6.07, 6.45) is 0.386. The fourth-order valence-corrected chi connectivity index (χ4v) is 3.13. The average molecular weight is 320 g/mol. The second-order valence-corrected chi connectivity index (χ2v) is 6.25. The van der Waals surface area contributed by atoms with Crippen LogP contribution < -0.4 is 4.74 Å². The van der Waals surface area contributed by atoms with Crippen LogP contribution in [0.4, 0.5) is 0 Å². The predicted octanol–water partition coefficient (Wildman–Crippen LogP) is 3.59. The molecule has 0 bridgehead atoms. The molecule has 1 atom stereocenters. The Balaban J connectivity index is 1.85. The summed E-state index contributed by atoms with van der Waals surface area (Å²) < 4.78 is 17.7. The Morgan fingerprint density at radius 2 is 1.86 bits per heavy atom. The highest BCUT2D eigenvalue weighted by atomic mass is 35.5. The van der Waals surface area contributed by atoms with E-state index in [1.54, 1.807) is 12.1 Å². The van der Waals surface area contributed by atoms with E-state index >= 15 is 0 Å². The Morgan fingerprint density at radius 3 is 2.52 bits per heavy atom. The summed E-state index contributed by atoms with van der Waals surface area (Å²) in [7, 11) is -1.18. The average Bonchev–Trinajstić information content (AvgIpc) is 2.49. The fourth-order valence-electron chi connectivity index (χ4n) is 1.77. The zero-order valence-electron chi connectivity index (χ0n) is 11.3. The maximum Gasteiger partial charge on any atom is 0.119 e. The van der Waals surface area contributed by atoms with Gasteiger partial charge in [0.15, 0.2) is 0 Å². The lowest BCUT2D eigenvalue weighted by molar-refractivity contribution is 0.342. The molecule has 2 rings (SSSR count). The summed E-state index contributed by atoms with van der Waals surface area (Å²) in [4.78, 5) is 0.632. The number of hydrogen-bond donors (Lipinski definition) is 0. The molecule has 3 nitrogen and oxygen atoms in total. The van der Waals surface area contributed by atoms with Crippen LogP contribution in [0.25, 0.3) is 0 Å². The van der Waals surface area contributed by atoms with E-state index in [0.717, 1.165) is 5.56 Å². The zero-order valence-corrected chi connectivity index (χ0v) is 12.9. The van der Waals surface area contributed by atoms with Crippen molar-refractivity contribution in [1.82, 2.24) is 0 Å². The molecule has 0 heterocycles. The Labute approximate surface area is 131 Å². The largest absolute Gasteiger partial charge is 0.493 e. The lowest BCUT2D eigenvalue weighted by Gasteiger charge is -2.07. The lowest BCUT2D eigenvalue weighted by atomic mass is 10.2. The van der Waals surface area contributed by atoms with E-state index in [-0.39, 0.29) is 0 Å². The number of benzene rings is 2. The van der Waals surface area contributed by atoms with Gasteiger partial charge in [0.25, 0.3) is 0 Å². The molecule has 0 aliphatic heterocycles. The molecule has 0 N–H and O–H groups in total. The molecule has 0 spiro atoms. The lowest BCUT2D eigenvalue weighted by Crippen LogP contribution is -2.09. The van der Waals surface area contributed by atoms with Gasteiger partial charge in [-0.05, 0) is 29.8 Å². The van der Waals surface area contributed by atoms with Crippen LogP contribution in [0.1, 0.15) is 5.56 Å². The van der Waals surface area contributed by atoms with Crippen LogP contribution in [0.5, 0.6) is 5.75 Å². The van der Waals surface area contributed by atoms with Gasteiger partial charge >= 0.3 is 0 Å². The Kier molecular flexibility index (Phi) is 5.79. The second kappa shape index (κ2) is 7.82. The van der Waals surface area contributed by atoms with Crippen LogP contribution in [0.3, 0.4) is 0 Å². The highest BCUT2D eigenvalue weighted by Gasteiger charge is 2.08. The molecule has 2 aromatic rings. The van der Waals surface area contributed by atoms with Crippen molar-refractivity contribution in [3.8, 4) is 11.8 Å². The molecule has 0 amide bonds. The number of ether oxygens (including phenoxy) is 1. The van der Waals surface area contributed by atoms with Gasteiger partial charge in [-0.15, -0.1) is 0 Å². The molecule has 1 unspecified atom stereocenters. The van der Waals surface area contributed by atoms with Crippen LogP contribution in [0, 0.1) is 11.3 Å². The maximum atomic E-state index is 12.1. The van der Waals surface area contributed by atoms with E-state index in [4.69, 9.17) is 21.6 Å². The summed E-state index contributed by atoms with van der Waals surface area (Å²) in [5, 5.41) is 9.11. The molecule has 0 radical (unpaired) electrons. The molecule has 0 saturated heterocycles. The normalized spacial score (nSPS) is 11.6. The maximum absolute atomic E-state index is 12.1. The van der Waals surface area contributed by atoms with Gasteiger partial charge in [0.2, 0.25) is 0 Å². The number of nitriles is 1. The van der Waals surface area contributed by atoms with Gasteiger partial charge in [-0.1, -0.05) is 35.9 Å². The Morgan fingerprint density at radius 1 is 1.14 bits per heavy atom. The van der Waals surface area contributed by atoms with Crippen molar-refractivity contribution in [1.29, 1.82) is 5.26 Å². The first kappa shape index (κ1) is 15.6. The van der Waals surface area contributed by atoms with Gasteiger partial charge < -0.3 is 4.74 Å². The van der Waals surface area contributed by atoms with Crippen molar-refractivity contribution >= 4 is 22.4 Å². The van der Waals surface area contributed by atoms with Crippen LogP contribution in [-0.2, 0) is 17.2 Å². The van der Waals surface area contributed by atoms with Crippen LogP contribution in [0.15, 0.2) is 53.4 Å². The number of hydrogen-bond acceptors (Lipinski definition) is 3. The number of halogens is 1. The fraction of sp³-hybridized carbons (Fsp3) is 0.188. The third-order valence-electron chi connectivity index (χ3n) is 2.83. The van der Waals surface area contributed by atoms with Crippen molar-refractivity contribution in [3.05, 3.63) is 59.1 Å². The van der Waals surface area contributed by atoms with Crippen LogP contribution in [0.2, 0.25) is 5.02 Å². The van der Waals surface area contributed by atoms with Crippen molar-refractivity contribution in [2.75, 3.05) is 12.4 Å².